The molecule has 0 amide bonds. The molecule has 0 aliphatic rings. The molecule has 0 aliphatic carbocycles. The summed E-state index contributed by atoms with van der Waals surface area (Å²) in [6.07, 6.45) is 0. The number of aliphatic hydroxyl groups is 1. The number of carboxylic acid groups (broad SMARTS) is 1. The third kappa shape index (κ3) is 62.3. The van der Waals surface area contributed by atoms with Crippen LogP contribution in [0.5, 0.6) is 0 Å². The standard InChI is InChI=1S/C2H4O2.CH4O/c1-2(3)4;1-2/h1H3,(H,3,4);2H,1H3/p-1. The first kappa shape index (κ1) is 9.06. The molecule has 0 rings (SSSR count). The van der Waals surface area contributed by atoms with Crippen LogP contribution in [0, 0.1) is 0 Å². The Labute approximate surface area is 36.2 Å². The van der Waals surface area contributed by atoms with Crippen LogP contribution >= 0.6 is 0 Å². The van der Waals surface area contributed by atoms with Gasteiger partial charge in [0.2, 0.25) is 0 Å². The van der Waals surface area contributed by atoms with E-state index in [-0.39, 0.29) is 0 Å². The first-order chi connectivity index (χ1) is 2.73. The molecular formula is C3H7O3-. The first-order valence-corrected chi connectivity index (χ1v) is 1.36. The van der Waals surface area contributed by atoms with E-state index < -0.39 is 5.97 Å². The van der Waals surface area contributed by atoms with E-state index in [1.165, 1.54) is 0 Å². The van der Waals surface area contributed by atoms with Crippen molar-refractivity contribution in [3.05, 3.63) is 0 Å². The van der Waals surface area contributed by atoms with Gasteiger partial charge in [-0.25, -0.2) is 0 Å². The van der Waals surface area contributed by atoms with E-state index in [9.17, 15) is 0 Å². The fourth-order valence-electron chi connectivity index (χ4n) is 0. The quantitative estimate of drug-likeness (QED) is 0.389. The normalized spacial score (nSPS) is 5.17. The summed E-state index contributed by atoms with van der Waals surface area (Å²) in [4.78, 5) is 8.89. The molecule has 0 radical (unpaired) electrons. The Balaban J connectivity index is 0. The minimum atomic E-state index is -1.08. The summed E-state index contributed by atoms with van der Waals surface area (Å²) < 4.78 is 0. The zero-order chi connectivity index (χ0) is 5.58. The van der Waals surface area contributed by atoms with Crippen LogP contribution in [0.25, 0.3) is 0 Å². The summed E-state index contributed by atoms with van der Waals surface area (Å²) in [6, 6.07) is 0. The fourth-order valence-corrected chi connectivity index (χ4v) is 0. The van der Waals surface area contributed by atoms with Gasteiger partial charge >= 0.3 is 0 Å². The SMILES string of the molecule is CC(=O)[O-].CO. The predicted molar refractivity (Wildman–Crippen MR) is 18.8 cm³/mol. The predicted octanol–water partition coefficient (Wildman–Crippen LogP) is -1.64. The number of hydrogen-bond donors (Lipinski definition) is 1. The van der Waals surface area contributed by atoms with E-state index in [1.807, 2.05) is 0 Å². The maximum absolute atomic E-state index is 8.89. The highest BCUT2D eigenvalue weighted by molar-refractivity contribution is 5.60. The highest BCUT2D eigenvalue weighted by Gasteiger charge is 1.46. The number of aliphatic carboxylic acids is 1. The van der Waals surface area contributed by atoms with Crippen LogP contribution in [0.1, 0.15) is 6.92 Å². The van der Waals surface area contributed by atoms with Gasteiger partial charge < -0.3 is 15.0 Å². The summed E-state index contributed by atoms with van der Waals surface area (Å²) in [7, 11) is 1.00. The van der Waals surface area contributed by atoms with Crippen LogP contribution in [-0.2, 0) is 4.79 Å². The van der Waals surface area contributed by atoms with Crippen molar-refractivity contribution in [2.24, 2.45) is 0 Å². The number of carboxylic acids is 1. The van der Waals surface area contributed by atoms with Gasteiger partial charge in [0.05, 0.1) is 0 Å². The zero-order valence-electron chi connectivity index (χ0n) is 3.76. The Hall–Kier alpha value is -0.570. The van der Waals surface area contributed by atoms with Crippen molar-refractivity contribution < 1.29 is 15.0 Å². The number of carbonyl (C=O) groups is 1. The summed E-state index contributed by atoms with van der Waals surface area (Å²) in [5, 5.41) is 15.9. The second kappa shape index (κ2) is 8.83. The molecular weight excluding hydrogens is 84.0 g/mol. The van der Waals surface area contributed by atoms with E-state index in [0.29, 0.717) is 0 Å². The zero-order valence-corrected chi connectivity index (χ0v) is 3.76. The van der Waals surface area contributed by atoms with Gasteiger partial charge in [-0.15, -0.1) is 0 Å². The smallest absolute Gasteiger partial charge is 0.0383 e. The summed E-state index contributed by atoms with van der Waals surface area (Å²) >= 11 is 0. The van der Waals surface area contributed by atoms with Crippen molar-refractivity contribution in [3.8, 4) is 0 Å². The number of hydrogen-bond acceptors (Lipinski definition) is 3. The van der Waals surface area contributed by atoms with Gasteiger partial charge in [0, 0.05) is 13.1 Å². The Morgan fingerprint density at radius 1 is 1.67 bits per heavy atom. The van der Waals surface area contributed by atoms with Gasteiger partial charge in [0.1, 0.15) is 0 Å². The molecule has 0 heterocycles. The molecule has 0 aromatic carbocycles. The number of rotatable bonds is 0. The van der Waals surface area contributed by atoms with E-state index in [4.69, 9.17) is 15.0 Å². The average Bonchev–Trinajstić information content (AvgIpc) is 1.41. The number of carbonyl (C=O) groups excluding carboxylic acids is 1. The Morgan fingerprint density at radius 3 is 1.67 bits per heavy atom. The van der Waals surface area contributed by atoms with Gasteiger partial charge in [0.15, 0.2) is 0 Å². The first-order valence-electron chi connectivity index (χ1n) is 1.36. The molecule has 3 nitrogen and oxygen atoms in total. The molecule has 0 bridgehead atoms. The Morgan fingerprint density at radius 2 is 1.67 bits per heavy atom. The van der Waals surface area contributed by atoms with Gasteiger partial charge in [-0.3, -0.25) is 0 Å². The maximum atomic E-state index is 8.89. The van der Waals surface area contributed by atoms with Crippen LogP contribution in [0.3, 0.4) is 0 Å². The van der Waals surface area contributed by atoms with E-state index >= 15 is 0 Å². The highest BCUT2D eigenvalue weighted by atomic mass is 16.4. The highest BCUT2D eigenvalue weighted by Crippen LogP contribution is 1.31. The third-order valence-electron chi connectivity index (χ3n) is 0. The fraction of sp³-hybridized carbons (Fsp3) is 0.667. The Kier molecular flexibility index (Phi) is 13.3. The number of aliphatic hydroxyl groups excluding tert-OH is 1. The van der Waals surface area contributed by atoms with Crippen LogP contribution in [0.4, 0.5) is 0 Å². The van der Waals surface area contributed by atoms with Crippen LogP contribution in [-0.4, -0.2) is 18.2 Å². The van der Waals surface area contributed by atoms with E-state index in [2.05, 4.69) is 0 Å². The molecule has 0 unspecified atom stereocenters. The molecule has 0 saturated heterocycles. The lowest BCUT2D eigenvalue weighted by Gasteiger charge is -1.77. The lowest BCUT2D eigenvalue weighted by molar-refractivity contribution is -0.302. The lowest BCUT2D eigenvalue weighted by Crippen LogP contribution is -2.16. The Bertz CT molecular complexity index is 29.0. The molecule has 0 atom stereocenters. The monoisotopic (exact) mass is 91.0 g/mol. The van der Waals surface area contributed by atoms with E-state index in [0.717, 1.165) is 14.0 Å². The minimum absolute atomic E-state index is 0.972. The van der Waals surface area contributed by atoms with Crippen molar-refractivity contribution >= 4 is 5.97 Å². The van der Waals surface area contributed by atoms with Crippen molar-refractivity contribution in [2.45, 2.75) is 6.92 Å². The molecule has 0 aromatic heterocycles. The summed E-state index contributed by atoms with van der Waals surface area (Å²) in [6.45, 7) is 0.972. The van der Waals surface area contributed by atoms with Crippen molar-refractivity contribution in [1.29, 1.82) is 0 Å². The molecule has 0 aromatic rings. The van der Waals surface area contributed by atoms with E-state index in [1.54, 1.807) is 0 Å². The van der Waals surface area contributed by atoms with Crippen molar-refractivity contribution in [3.63, 3.8) is 0 Å². The molecule has 38 valence electrons. The molecule has 0 spiro atoms. The average molecular weight is 91.1 g/mol. The van der Waals surface area contributed by atoms with Crippen LogP contribution < -0.4 is 5.11 Å². The molecule has 0 fully saturated rings. The molecule has 0 saturated carbocycles. The summed E-state index contributed by atoms with van der Waals surface area (Å²) in [5.41, 5.74) is 0. The summed E-state index contributed by atoms with van der Waals surface area (Å²) in [5.74, 6) is -1.08. The van der Waals surface area contributed by atoms with Crippen LogP contribution in [0.2, 0.25) is 0 Å². The molecule has 6 heavy (non-hydrogen) atoms. The second-order valence-electron chi connectivity index (χ2n) is 0.492. The largest absolute Gasteiger partial charge is 0.550 e. The molecule has 0 aliphatic heterocycles. The minimum Gasteiger partial charge on any atom is -0.550 e. The van der Waals surface area contributed by atoms with Gasteiger partial charge in [-0.2, -0.15) is 0 Å². The van der Waals surface area contributed by atoms with Gasteiger partial charge in [-0.1, -0.05) is 0 Å². The molecule has 1 N–H and O–H groups in total. The van der Waals surface area contributed by atoms with Crippen molar-refractivity contribution in [2.75, 3.05) is 7.11 Å². The second-order valence-corrected chi connectivity index (χ2v) is 0.492. The third-order valence-corrected chi connectivity index (χ3v) is 0. The van der Waals surface area contributed by atoms with Crippen molar-refractivity contribution in [1.82, 2.24) is 0 Å². The molecule has 3 heteroatoms. The van der Waals surface area contributed by atoms with Gasteiger partial charge in [-0.05, 0) is 6.92 Å². The maximum Gasteiger partial charge on any atom is 0.0383 e. The van der Waals surface area contributed by atoms with Gasteiger partial charge in [0.25, 0.3) is 0 Å². The van der Waals surface area contributed by atoms with Crippen LogP contribution in [0.15, 0.2) is 0 Å². The lowest BCUT2D eigenvalue weighted by atomic mass is 10.9. The topological polar surface area (TPSA) is 60.4 Å².